The number of carboxylic acids is 1. The lowest BCUT2D eigenvalue weighted by atomic mass is 10.2. The molecule has 0 bridgehead atoms. The van der Waals surface area contributed by atoms with Gasteiger partial charge in [-0.05, 0) is 30.3 Å². The Bertz CT molecular complexity index is 676. The van der Waals surface area contributed by atoms with Crippen molar-refractivity contribution in [3.05, 3.63) is 58.6 Å². The summed E-state index contributed by atoms with van der Waals surface area (Å²) in [5, 5.41) is 8.65. The number of pyridine rings is 1. The molecule has 7 heteroatoms. The largest absolute Gasteiger partial charge is 0.478 e. The minimum absolute atomic E-state index is 0.0596. The Balaban J connectivity index is 2.14. The molecule has 0 amide bonds. The van der Waals surface area contributed by atoms with Crippen molar-refractivity contribution in [1.82, 2.24) is 4.98 Å². The second-order valence-electron chi connectivity index (χ2n) is 3.91. The molecule has 2 rings (SSSR count). The van der Waals surface area contributed by atoms with E-state index < -0.39 is 22.6 Å². The molecule has 104 valence electrons. The Labute approximate surface area is 121 Å². The minimum atomic E-state index is -1.43. The zero-order valence-electron chi connectivity index (χ0n) is 10.0. The fourth-order valence-electron chi connectivity index (χ4n) is 1.47. The number of rotatable bonds is 4. The summed E-state index contributed by atoms with van der Waals surface area (Å²) in [6, 6.07) is 6.73. The monoisotopic (exact) mass is 313 g/mol. The van der Waals surface area contributed by atoms with Crippen LogP contribution in [0.2, 0.25) is 5.02 Å². The number of carbonyl (C=O) groups is 1. The SMILES string of the molecule is O=C(O)c1ccc(CS(=O)c2ccc(F)c(Cl)c2)nc1. The standard InChI is InChI=1S/C13H9ClFNO3S/c14-11-5-10(3-4-12(11)15)20(19)7-9-2-1-8(6-16-9)13(17)18/h1-6H,7H2,(H,17,18). The van der Waals surface area contributed by atoms with Crippen molar-refractivity contribution in [3.8, 4) is 0 Å². The van der Waals surface area contributed by atoms with Gasteiger partial charge in [0.1, 0.15) is 5.82 Å². The molecule has 4 nitrogen and oxygen atoms in total. The lowest BCUT2D eigenvalue weighted by molar-refractivity contribution is 0.0696. The van der Waals surface area contributed by atoms with Crippen molar-refractivity contribution in [2.24, 2.45) is 0 Å². The van der Waals surface area contributed by atoms with Gasteiger partial charge in [-0.3, -0.25) is 9.19 Å². The number of hydrogen-bond donors (Lipinski definition) is 1. The number of nitrogens with zero attached hydrogens (tertiary/aromatic N) is 1. The van der Waals surface area contributed by atoms with Crippen molar-refractivity contribution < 1.29 is 18.5 Å². The van der Waals surface area contributed by atoms with Gasteiger partial charge < -0.3 is 5.11 Å². The molecule has 0 aliphatic carbocycles. The Morgan fingerprint density at radius 1 is 1.35 bits per heavy atom. The summed E-state index contributed by atoms with van der Waals surface area (Å²) in [6.45, 7) is 0. The predicted octanol–water partition coefficient (Wildman–Crippen LogP) is 2.88. The number of hydrogen-bond acceptors (Lipinski definition) is 3. The van der Waals surface area contributed by atoms with E-state index in [9.17, 15) is 13.4 Å². The van der Waals surface area contributed by atoms with Gasteiger partial charge in [0.05, 0.1) is 32.8 Å². The third-order valence-corrected chi connectivity index (χ3v) is 4.13. The number of halogens is 2. The van der Waals surface area contributed by atoms with Gasteiger partial charge in [0.2, 0.25) is 0 Å². The second-order valence-corrected chi connectivity index (χ2v) is 5.77. The molecule has 0 spiro atoms. The van der Waals surface area contributed by atoms with E-state index in [1.807, 2.05) is 0 Å². The summed E-state index contributed by atoms with van der Waals surface area (Å²) in [6.07, 6.45) is 1.20. The molecule has 1 atom stereocenters. The fourth-order valence-corrected chi connectivity index (χ4v) is 2.79. The lowest BCUT2D eigenvalue weighted by Gasteiger charge is -2.03. The van der Waals surface area contributed by atoms with Crippen LogP contribution in [-0.2, 0) is 16.6 Å². The first-order valence-corrected chi connectivity index (χ1v) is 7.18. The third kappa shape index (κ3) is 3.40. The first-order chi connectivity index (χ1) is 9.47. The van der Waals surface area contributed by atoms with Crippen LogP contribution in [0.5, 0.6) is 0 Å². The molecule has 0 fully saturated rings. The van der Waals surface area contributed by atoms with E-state index in [1.165, 1.54) is 30.5 Å². The normalized spacial score (nSPS) is 12.1. The minimum Gasteiger partial charge on any atom is -0.478 e. The average molecular weight is 314 g/mol. The maximum absolute atomic E-state index is 13.0. The van der Waals surface area contributed by atoms with Gasteiger partial charge in [0.25, 0.3) is 0 Å². The highest BCUT2D eigenvalue weighted by atomic mass is 35.5. The summed E-state index contributed by atoms with van der Waals surface area (Å²) in [4.78, 5) is 15.0. The van der Waals surface area contributed by atoms with E-state index in [-0.39, 0.29) is 16.3 Å². The van der Waals surface area contributed by atoms with Crippen LogP contribution < -0.4 is 0 Å². The molecular formula is C13H9ClFNO3S. The molecule has 1 heterocycles. The molecule has 1 N–H and O–H groups in total. The van der Waals surface area contributed by atoms with Crippen LogP contribution in [-0.4, -0.2) is 20.3 Å². The number of carboxylic acid groups (broad SMARTS) is 1. The van der Waals surface area contributed by atoms with E-state index in [4.69, 9.17) is 16.7 Å². The molecule has 0 aliphatic rings. The molecule has 20 heavy (non-hydrogen) atoms. The molecule has 1 aromatic heterocycles. The van der Waals surface area contributed by atoms with Crippen LogP contribution >= 0.6 is 11.6 Å². The van der Waals surface area contributed by atoms with Crippen LogP contribution in [0.4, 0.5) is 4.39 Å². The first kappa shape index (κ1) is 14.6. The first-order valence-electron chi connectivity index (χ1n) is 5.49. The Kier molecular flexibility index (Phi) is 4.46. The van der Waals surface area contributed by atoms with Crippen LogP contribution in [0.3, 0.4) is 0 Å². The van der Waals surface area contributed by atoms with Crippen molar-refractivity contribution in [2.45, 2.75) is 10.6 Å². The highest BCUT2D eigenvalue weighted by molar-refractivity contribution is 7.84. The van der Waals surface area contributed by atoms with Crippen molar-refractivity contribution >= 4 is 28.4 Å². The van der Waals surface area contributed by atoms with Crippen LogP contribution in [0.1, 0.15) is 16.1 Å². The van der Waals surface area contributed by atoms with E-state index >= 15 is 0 Å². The van der Waals surface area contributed by atoms with E-state index in [1.54, 1.807) is 0 Å². The lowest BCUT2D eigenvalue weighted by Crippen LogP contribution is -2.02. The number of aromatic nitrogens is 1. The van der Waals surface area contributed by atoms with Crippen molar-refractivity contribution in [2.75, 3.05) is 0 Å². The van der Waals surface area contributed by atoms with Crippen LogP contribution in [0, 0.1) is 5.82 Å². The summed E-state index contributed by atoms with van der Waals surface area (Å²) < 4.78 is 25.1. The highest BCUT2D eigenvalue weighted by Gasteiger charge is 2.10. The molecule has 1 aromatic carbocycles. The molecule has 0 radical (unpaired) electrons. The van der Waals surface area contributed by atoms with E-state index in [0.717, 1.165) is 6.07 Å². The third-order valence-electron chi connectivity index (χ3n) is 2.50. The predicted molar refractivity (Wildman–Crippen MR) is 72.7 cm³/mol. The van der Waals surface area contributed by atoms with Crippen LogP contribution in [0.15, 0.2) is 41.4 Å². The zero-order chi connectivity index (χ0) is 14.7. The van der Waals surface area contributed by atoms with Gasteiger partial charge in [-0.2, -0.15) is 0 Å². The molecule has 0 aliphatic heterocycles. The van der Waals surface area contributed by atoms with Gasteiger partial charge in [0.15, 0.2) is 0 Å². The van der Waals surface area contributed by atoms with Gasteiger partial charge in [0, 0.05) is 11.1 Å². The summed E-state index contributed by atoms with van der Waals surface area (Å²) in [5.41, 5.74) is 0.540. The Hall–Kier alpha value is -1.79. The zero-order valence-corrected chi connectivity index (χ0v) is 11.6. The van der Waals surface area contributed by atoms with Crippen molar-refractivity contribution in [1.29, 1.82) is 0 Å². The molecule has 0 saturated heterocycles. The summed E-state index contributed by atoms with van der Waals surface area (Å²) >= 11 is 5.63. The maximum atomic E-state index is 13.0. The molecular weight excluding hydrogens is 305 g/mol. The van der Waals surface area contributed by atoms with Gasteiger partial charge in [-0.25, -0.2) is 9.18 Å². The van der Waals surface area contributed by atoms with Gasteiger partial charge in [-0.15, -0.1) is 0 Å². The second kappa shape index (κ2) is 6.11. The highest BCUT2D eigenvalue weighted by Crippen LogP contribution is 2.19. The quantitative estimate of drug-likeness (QED) is 0.942. The molecule has 1 unspecified atom stereocenters. The summed E-state index contributed by atoms with van der Waals surface area (Å²) in [5.74, 6) is -1.55. The Morgan fingerprint density at radius 3 is 2.65 bits per heavy atom. The summed E-state index contributed by atoms with van der Waals surface area (Å²) in [7, 11) is -1.43. The van der Waals surface area contributed by atoms with Gasteiger partial charge in [-0.1, -0.05) is 11.6 Å². The Morgan fingerprint density at radius 2 is 2.10 bits per heavy atom. The van der Waals surface area contributed by atoms with Crippen LogP contribution in [0.25, 0.3) is 0 Å². The van der Waals surface area contributed by atoms with Crippen molar-refractivity contribution in [3.63, 3.8) is 0 Å². The maximum Gasteiger partial charge on any atom is 0.337 e. The van der Waals surface area contributed by atoms with E-state index in [0.29, 0.717) is 10.6 Å². The fraction of sp³-hybridized carbons (Fsp3) is 0.0769. The molecule has 2 aromatic rings. The number of aromatic carboxylic acids is 1. The van der Waals surface area contributed by atoms with Gasteiger partial charge >= 0.3 is 5.97 Å². The number of benzene rings is 1. The van der Waals surface area contributed by atoms with E-state index in [2.05, 4.69) is 4.98 Å². The smallest absolute Gasteiger partial charge is 0.337 e. The topological polar surface area (TPSA) is 67.3 Å². The average Bonchev–Trinajstić information content (AvgIpc) is 2.42. The molecule has 0 saturated carbocycles.